The molecule has 0 aliphatic rings. The first kappa shape index (κ1) is 16.8. The van der Waals surface area contributed by atoms with Gasteiger partial charge in [0.15, 0.2) is 0 Å². The van der Waals surface area contributed by atoms with Gasteiger partial charge in [0.05, 0.1) is 19.8 Å². The highest BCUT2D eigenvalue weighted by Gasteiger charge is 2.10. The van der Waals surface area contributed by atoms with Gasteiger partial charge in [0.2, 0.25) is 0 Å². The van der Waals surface area contributed by atoms with Crippen molar-refractivity contribution >= 4 is 32.3 Å². The first-order valence-electron chi connectivity index (χ1n) is 4.30. The van der Waals surface area contributed by atoms with Crippen molar-refractivity contribution in [1.82, 2.24) is 0 Å². The minimum Gasteiger partial charge on any atom is -0.497 e. The number of rotatable bonds is 2. The molecule has 0 saturated heterocycles. The van der Waals surface area contributed by atoms with E-state index in [9.17, 15) is 4.79 Å². The highest BCUT2D eigenvalue weighted by Crippen LogP contribution is 2.22. The van der Waals surface area contributed by atoms with Crippen LogP contribution >= 0.6 is 15.9 Å². The van der Waals surface area contributed by atoms with E-state index in [0.717, 1.165) is 0 Å². The highest BCUT2D eigenvalue weighted by molar-refractivity contribution is 9.10. The minimum atomic E-state index is -4.67. The molecule has 0 aromatic heterocycles. The van der Waals surface area contributed by atoms with E-state index in [0.29, 0.717) is 15.8 Å². The maximum absolute atomic E-state index is 11.2. The number of methoxy groups -OCH3 is 2. The molecular formula is C9H11BrO7S. The fourth-order valence-electron chi connectivity index (χ4n) is 0.898. The van der Waals surface area contributed by atoms with E-state index in [4.69, 9.17) is 22.3 Å². The molecule has 0 amide bonds. The number of halogens is 1. The molecule has 0 bridgehead atoms. The number of benzene rings is 1. The smallest absolute Gasteiger partial charge is 0.394 e. The summed E-state index contributed by atoms with van der Waals surface area (Å²) in [4.78, 5) is 11.2. The fraction of sp³-hybridized carbons (Fsp3) is 0.222. The zero-order valence-electron chi connectivity index (χ0n) is 9.45. The molecule has 0 radical (unpaired) electrons. The van der Waals surface area contributed by atoms with Crippen molar-refractivity contribution in [1.29, 1.82) is 0 Å². The van der Waals surface area contributed by atoms with Crippen LogP contribution in [-0.4, -0.2) is 37.7 Å². The first-order valence-corrected chi connectivity index (χ1v) is 6.49. The summed E-state index contributed by atoms with van der Waals surface area (Å²) >= 11 is 3.24. The molecule has 0 aliphatic heterocycles. The van der Waals surface area contributed by atoms with Crippen LogP contribution in [0.15, 0.2) is 22.7 Å². The van der Waals surface area contributed by atoms with Crippen LogP contribution < -0.4 is 4.74 Å². The predicted octanol–water partition coefficient (Wildman–Crippen LogP) is 1.59. The molecule has 0 spiro atoms. The quantitative estimate of drug-likeness (QED) is 0.620. The Balaban J connectivity index is 0.000000494. The number of hydrogen-bond acceptors (Lipinski definition) is 5. The van der Waals surface area contributed by atoms with Crippen LogP contribution in [0, 0.1) is 0 Å². The predicted molar refractivity (Wildman–Crippen MR) is 66.2 cm³/mol. The summed E-state index contributed by atoms with van der Waals surface area (Å²) in [6, 6.07) is 5.12. The van der Waals surface area contributed by atoms with Crippen LogP contribution in [0.3, 0.4) is 0 Å². The first-order chi connectivity index (χ1) is 8.19. The van der Waals surface area contributed by atoms with Crippen LogP contribution in [0.5, 0.6) is 5.75 Å². The lowest BCUT2D eigenvalue weighted by Crippen LogP contribution is -2.02. The van der Waals surface area contributed by atoms with Gasteiger partial charge in [0, 0.05) is 4.47 Å². The number of carbonyl (C=O) groups is 1. The van der Waals surface area contributed by atoms with Gasteiger partial charge in [0.25, 0.3) is 0 Å². The van der Waals surface area contributed by atoms with Crippen LogP contribution in [0.2, 0.25) is 0 Å². The second kappa shape index (κ2) is 7.31. The third kappa shape index (κ3) is 7.22. The van der Waals surface area contributed by atoms with Gasteiger partial charge in [-0.2, -0.15) is 8.42 Å². The zero-order chi connectivity index (χ0) is 14.3. The van der Waals surface area contributed by atoms with Gasteiger partial charge in [-0.1, -0.05) is 0 Å². The fourth-order valence-corrected chi connectivity index (χ4v) is 1.31. The Morgan fingerprint density at radius 1 is 1.28 bits per heavy atom. The Morgan fingerprint density at radius 3 is 2.17 bits per heavy atom. The lowest BCUT2D eigenvalue weighted by Gasteiger charge is -2.04. The highest BCUT2D eigenvalue weighted by atomic mass is 79.9. The Kier molecular flexibility index (Phi) is 6.84. The molecule has 9 heteroatoms. The van der Waals surface area contributed by atoms with E-state index in [-0.39, 0.29) is 5.97 Å². The van der Waals surface area contributed by atoms with Gasteiger partial charge >= 0.3 is 16.4 Å². The molecular weight excluding hydrogens is 332 g/mol. The van der Waals surface area contributed by atoms with Crippen LogP contribution in [0.1, 0.15) is 10.4 Å². The molecule has 7 nitrogen and oxygen atoms in total. The maximum atomic E-state index is 11.2. The van der Waals surface area contributed by atoms with E-state index in [1.54, 1.807) is 25.3 Å². The molecule has 2 N–H and O–H groups in total. The van der Waals surface area contributed by atoms with Crippen LogP contribution in [0.4, 0.5) is 0 Å². The summed E-state index contributed by atoms with van der Waals surface area (Å²) in [5.41, 5.74) is 0.460. The van der Waals surface area contributed by atoms with E-state index in [1.165, 1.54) is 7.11 Å². The van der Waals surface area contributed by atoms with Gasteiger partial charge in [-0.3, -0.25) is 9.11 Å². The average molecular weight is 343 g/mol. The van der Waals surface area contributed by atoms with Gasteiger partial charge in [0.1, 0.15) is 5.75 Å². The molecule has 0 aliphatic carbocycles. The van der Waals surface area contributed by atoms with Crippen molar-refractivity contribution in [2.45, 2.75) is 0 Å². The van der Waals surface area contributed by atoms with Crippen LogP contribution in [0.25, 0.3) is 0 Å². The van der Waals surface area contributed by atoms with Gasteiger partial charge in [-0.05, 0) is 34.1 Å². The van der Waals surface area contributed by atoms with Gasteiger partial charge in [-0.15, -0.1) is 0 Å². The number of ether oxygens (including phenoxy) is 2. The van der Waals surface area contributed by atoms with Crippen molar-refractivity contribution in [2.75, 3.05) is 14.2 Å². The second-order valence-electron chi connectivity index (χ2n) is 2.79. The lowest BCUT2D eigenvalue weighted by molar-refractivity contribution is 0.0599. The normalized spacial score (nSPS) is 10.1. The monoisotopic (exact) mass is 342 g/mol. The molecule has 1 rings (SSSR count). The summed E-state index contributed by atoms with van der Waals surface area (Å²) in [6.07, 6.45) is 0. The van der Waals surface area contributed by atoms with Crippen molar-refractivity contribution < 1.29 is 31.8 Å². The maximum Gasteiger partial charge on any atom is 0.394 e. The summed E-state index contributed by atoms with van der Waals surface area (Å²) in [5, 5.41) is 0. The standard InChI is InChI=1S/C9H9BrO3.H2O4S/c1-12-6-3-4-8(10)7(5-6)9(11)13-2;1-5(2,3)4/h3-5H,1-2H3;(H2,1,2,3,4). The molecule has 0 unspecified atom stereocenters. The summed E-state index contributed by atoms with van der Waals surface area (Å²) in [5.74, 6) is 0.245. The van der Waals surface area contributed by atoms with E-state index in [1.807, 2.05) is 0 Å². The summed E-state index contributed by atoms with van der Waals surface area (Å²) in [6.45, 7) is 0. The lowest BCUT2D eigenvalue weighted by atomic mass is 10.2. The average Bonchev–Trinajstić information content (AvgIpc) is 2.26. The number of carbonyl (C=O) groups excluding carboxylic acids is 1. The molecule has 0 fully saturated rings. The summed E-state index contributed by atoms with van der Waals surface area (Å²) in [7, 11) is -1.78. The van der Waals surface area contributed by atoms with Crippen molar-refractivity contribution in [3.8, 4) is 5.75 Å². The number of esters is 1. The molecule has 18 heavy (non-hydrogen) atoms. The van der Waals surface area contributed by atoms with E-state index in [2.05, 4.69) is 20.7 Å². The largest absolute Gasteiger partial charge is 0.497 e. The minimum absolute atomic E-state index is 0.384. The third-order valence-corrected chi connectivity index (χ3v) is 2.27. The second-order valence-corrected chi connectivity index (χ2v) is 4.54. The summed E-state index contributed by atoms with van der Waals surface area (Å²) < 4.78 is 41.8. The molecule has 0 heterocycles. The van der Waals surface area contributed by atoms with E-state index < -0.39 is 10.4 Å². The number of hydrogen-bond donors (Lipinski definition) is 2. The third-order valence-electron chi connectivity index (χ3n) is 1.58. The van der Waals surface area contributed by atoms with Crippen molar-refractivity contribution in [3.63, 3.8) is 0 Å². The zero-order valence-corrected chi connectivity index (χ0v) is 11.9. The Hall–Kier alpha value is -1.16. The molecule has 0 saturated carbocycles. The SMILES string of the molecule is COC(=O)c1cc(OC)ccc1Br.O=S(=O)(O)O. The Labute approximate surface area is 112 Å². The molecule has 102 valence electrons. The molecule has 1 aromatic carbocycles. The van der Waals surface area contributed by atoms with E-state index >= 15 is 0 Å². The Morgan fingerprint density at radius 2 is 1.78 bits per heavy atom. The van der Waals surface area contributed by atoms with Gasteiger partial charge in [-0.25, -0.2) is 4.79 Å². The van der Waals surface area contributed by atoms with Crippen LogP contribution in [-0.2, 0) is 15.1 Å². The van der Waals surface area contributed by atoms with Crippen molar-refractivity contribution in [2.24, 2.45) is 0 Å². The Bertz CT molecular complexity index is 504. The van der Waals surface area contributed by atoms with Gasteiger partial charge < -0.3 is 9.47 Å². The molecule has 0 atom stereocenters. The van der Waals surface area contributed by atoms with Crippen molar-refractivity contribution in [3.05, 3.63) is 28.2 Å². The molecule has 1 aromatic rings. The topological polar surface area (TPSA) is 110 Å².